The third-order valence-electron chi connectivity index (χ3n) is 5.32. The molecule has 1 amide bonds. The normalized spacial score (nSPS) is 17.8. The van der Waals surface area contributed by atoms with Crippen LogP contribution in [0.3, 0.4) is 0 Å². The van der Waals surface area contributed by atoms with Gasteiger partial charge in [-0.05, 0) is 59.3 Å². The molecule has 1 N–H and O–H groups in total. The van der Waals surface area contributed by atoms with Crippen LogP contribution >= 0.6 is 0 Å². The number of halogens is 1. The Balaban J connectivity index is 1.40. The Bertz CT molecular complexity index is 1370. The van der Waals surface area contributed by atoms with E-state index in [2.05, 4.69) is 36.0 Å². The molecule has 168 valence electrons. The number of azo groups is 1. The van der Waals surface area contributed by atoms with Crippen LogP contribution in [0.4, 0.5) is 15.8 Å². The summed E-state index contributed by atoms with van der Waals surface area (Å²) >= 11 is 0. The summed E-state index contributed by atoms with van der Waals surface area (Å²) < 4.78 is 13.2. The molecular formula is C23H17FN8O2. The lowest BCUT2D eigenvalue weighted by Gasteiger charge is -2.12. The molecule has 3 aromatic carbocycles. The van der Waals surface area contributed by atoms with Crippen LogP contribution in [0.1, 0.15) is 18.7 Å². The number of carbonyl (C=O) groups excluding carboxylic acids is 1. The minimum absolute atomic E-state index is 0.0893. The average Bonchev–Trinajstić information content (AvgIpc) is 3.48. The number of hydrazone groups is 1. The molecule has 0 aliphatic carbocycles. The third kappa shape index (κ3) is 3.94. The fraction of sp³-hybridized carbons (Fsp3) is 0.130. The topological polar surface area (TPSA) is 127 Å². The lowest BCUT2D eigenvalue weighted by atomic mass is 10.0. The van der Waals surface area contributed by atoms with Gasteiger partial charge in [0.1, 0.15) is 11.5 Å². The van der Waals surface area contributed by atoms with Crippen LogP contribution < -0.4 is 5.01 Å². The van der Waals surface area contributed by atoms with Crippen molar-refractivity contribution < 1.29 is 14.3 Å². The summed E-state index contributed by atoms with van der Waals surface area (Å²) in [6.45, 7) is 1.66. The largest absolute Gasteiger partial charge is 0.505 e. The minimum Gasteiger partial charge on any atom is -0.505 e. The van der Waals surface area contributed by atoms with Gasteiger partial charge in [0.25, 0.3) is 5.91 Å². The molecule has 0 bridgehead atoms. The van der Waals surface area contributed by atoms with Crippen LogP contribution in [0.25, 0.3) is 11.1 Å². The number of aromatic hydroxyl groups is 1. The van der Waals surface area contributed by atoms with Crippen LogP contribution in [0.2, 0.25) is 0 Å². The second-order valence-corrected chi connectivity index (χ2v) is 7.57. The van der Waals surface area contributed by atoms with Crippen molar-refractivity contribution >= 4 is 23.0 Å². The van der Waals surface area contributed by atoms with Crippen LogP contribution in [-0.2, 0) is 4.79 Å². The number of rotatable bonds is 5. The van der Waals surface area contributed by atoms with Crippen LogP contribution in [0.5, 0.6) is 5.75 Å². The first-order valence-corrected chi connectivity index (χ1v) is 10.3. The molecule has 2 aliphatic rings. The Hall–Kier alpha value is -4.67. The summed E-state index contributed by atoms with van der Waals surface area (Å²) in [5.74, 6) is -0.921. The quantitative estimate of drug-likeness (QED) is 0.479. The smallest absolute Gasteiger partial charge is 0.280 e. The van der Waals surface area contributed by atoms with E-state index >= 15 is 0 Å². The maximum absolute atomic E-state index is 13.2. The molecule has 0 saturated heterocycles. The summed E-state index contributed by atoms with van der Waals surface area (Å²) in [5, 5.41) is 39.4. The van der Waals surface area contributed by atoms with Crippen molar-refractivity contribution in [3.05, 3.63) is 78.1 Å². The Morgan fingerprint density at radius 2 is 1.74 bits per heavy atom. The van der Waals surface area contributed by atoms with Crippen molar-refractivity contribution in [3.63, 3.8) is 0 Å². The van der Waals surface area contributed by atoms with Crippen molar-refractivity contribution in [2.45, 2.75) is 19.1 Å². The van der Waals surface area contributed by atoms with Gasteiger partial charge in [-0.1, -0.05) is 30.3 Å². The van der Waals surface area contributed by atoms with E-state index in [1.807, 2.05) is 24.3 Å². The minimum atomic E-state index is -0.950. The number of para-hydroxylation sites is 1. The molecule has 2 heterocycles. The molecule has 0 spiro atoms. The first-order chi connectivity index (χ1) is 16.5. The van der Waals surface area contributed by atoms with Crippen molar-refractivity contribution in [1.82, 2.24) is 0 Å². The van der Waals surface area contributed by atoms with Gasteiger partial charge in [0.15, 0.2) is 11.8 Å². The Morgan fingerprint density at radius 1 is 1.00 bits per heavy atom. The molecule has 10 nitrogen and oxygen atoms in total. The van der Waals surface area contributed by atoms with E-state index in [1.165, 1.54) is 24.3 Å². The highest BCUT2D eigenvalue weighted by Gasteiger charge is 2.34. The lowest BCUT2D eigenvalue weighted by molar-refractivity contribution is -0.117. The summed E-state index contributed by atoms with van der Waals surface area (Å²) in [4.78, 5) is 12.8. The molecule has 3 aromatic rings. The Labute approximate surface area is 192 Å². The van der Waals surface area contributed by atoms with Gasteiger partial charge in [0.05, 0.1) is 11.4 Å². The molecule has 1 unspecified atom stereocenters. The highest BCUT2D eigenvalue weighted by molar-refractivity contribution is 6.18. The van der Waals surface area contributed by atoms with Crippen LogP contribution in [0, 0.1) is 5.82 Å². The van der Waals surface area contributed by atoms with E-state index < -0.39 is 23.9 Å². The first-order valence-electron chi connectivity index (χ1n) is 10.3. The van der Waals surface area contributed by atoms with Gasteiger partial charge < -0.3 is 5.11 Å². The number of hydrogen-bond acceptors (Lipinski definition) is 9. The van der Waals surface area contributed by atoms with Crippen molar-refractivity contribution in [3.8, 4) is 16.9 Å². The molecule has 0 saturated carbocycles. The van der Waals surface area contributed by atoms with Crippen molar-refractivity contribution in [1.29, 1.82) is 0 Å². The first kappa shape index (κ1) is 21.2. The van der Waals surface area contributed by atoms with Crippen molar-refractivity contribution in [2.75, 3.05) is 5.01 Å². The fourth-order valence-electron chi connectivity index (χ4n) is 3.59. The molecule has 2 aliphatic heterocycles. The monoisotopic (exact) mass is 456 g/mol. The zero-order valence-electron chi connectivity index (χ0n) is 17.8. The van der Waals surface area contributed by atoms with E-state index in [4.69, 9.17) is 0 Å². The average molecular weight is 456 g/mol. The number of phenols is 1. The highest BCUT2D eigenvalue weighted by Crippen LogP contribution is 2.39. The summed E-state index contributed by atoms with van der Waals surface area (Å²) in [5.41, 5.74) is 3.08. The highest BCUT2D eigenvalue weighted by atomic mass is 19.1. The standard InChI is InChI=1S/C23H17FN8O2/c1-13-20(23(34)32(29-13)17-10-8-16(24)9-11-17)26-25-19-7-3-6-18(21(19)33)14-4-2-5-15(12-14)22-27-30-31-28-22/h2-12,20,22,33H,1H3. The zero-order valence-corrected chi connectivity index (χ0v) is 17.8. The fourth-order valence-corrected chi connectivity index (χ4v) is 3.59. The lowest BCUT2D eigenvalue weighted by Crippen LogP contribution is -2.29. The van der Waals surface area contributed by atoms with Gasteiger partial charge in [0.2, 0.25) is 6.17 Å². The summed E-state index contributed by atoms with van der Waals surface area (Å²) in [6, 6.07) is 16.9. The predicted molar refractivity (Wildman–Crippen MR) is 121 cm³/mol. The van der Waals surface area contributed by atoms with E-state index in [0.717, 1.165) is 16.1 Å². The number of benzene rings is 3. The molecule has 34 heavy (non-hydrogen) atoms. The van der Waals surface area contributed by atoms with Gasteiger partial charge in [0, 0.05) is 11.1 Å². The van der Waals surface area contributed by atoms with Gasteiger partial charge in [-0.2, -0.15) is 20.3 Å². The second kappa shape index (κ2) is 8.70. The number of carbonyl (C=O) groups is 1. The van der Waals surface area contributed by atoms with Crippen molar-refractivity contribution in [2.24, 2.45) is 36.0 Å². The molecule has 1 atom stereocenters. The van der Waals surface area contributed by atoms with E-state index in [9.17, 15) is 14.3 Å². The zero-order chi connectivity index (χ0) is 23.7. The van der Waals surface area contributed by atoms with E-state index in [0.29, 0.717) is 17.0 Å². The SMILES string of the molecule is CC1=NN(c2ccc(F)cc2)C(=O)C1N=Nc1cccc(-c2cccc(C3N=NN=N3)c2)c1O. The van der Waals surface area contributed by atoms with Crippen LogP contribution in [0.15, 0.2) is 103 Å². The van der Waals surface area contributed by atoms with Gasteiger partial charge in [-0.3, -0.25) is 4.79 Å². The second-order valence-electron chi connectivity index (χ2n) is 7.57. The number of anilines is 1. The van der Waals surface area contributed by atoms with E-state index in [1.54, 1.807) is 25.1 Å². The molecule has 11 heteroatoms. The third-order valence-corrected chi connectivity index (χ3v) is 5.32. The number of nitrogens with zero attached hydrogens (tertiary/aromatic N) is 8. The Morgan fingerprint density at radius 3 is 2.50 bits per heavy atom. The predicted octanol–water partition coefficient (Wildman–Crippen LogP) is 5.90. The number of amides is 1. The maximum Gasteiger partial charge on any atom is 0.280 e. The van der Waals surface area contributed by atoms with Gasteiger partial charge in [-0.15, -0.1) is 10.2 Å². The summed E-state index contributed by atoms with van der Waals surface area (Å²) in [6.07, 6.45) is -0.510. The number of hydrogen-bond donors (Lipinski definition) is 1. The molecule has 0 fully saturated rings. The molecular weight excluding hydrogens is 439 g/mol. The van der Waals surface area contributed by atoms with Crippen LogP contribution in [-0.4, -0.2) is 22.8 Å². The van der Waals surface area contributed by atoms with E-state index in [-0.39, 0.29) is 11.4 Å². The molecule has 0 radical (unpaired) electrons. The van der Waals surface area contributed by atoms with Gasteiger partial charge >= 0.3 is 0 Å². The maximum atomic E-state index is 13.2. The molecule has 0 aromatic heterocycles. The van der Waals surface area contributed by atoms with Gasteiger partial charge in [-0.25, -0.2) is 4.39 Å². The Kier molecular flexibility index (Phi) is 5.42. The summed E-state index contributed by atoms with van der Waals surface area (Å²) in [7, 11) is 0. The molecule has 5 rings (SSSR count). The number of phenolic OH excluding ortho intramolecular Hbond substituents is 1.